The number of hydrogen-bond donors (Lipinski definition) is 3. The van der Waals surface area contributed by atoms with Crippen molar-refractivity contribution in [2.24, 2.45) is 5.92 Å². The Morgan fingerprint density at radius 1 is 1.36 bits per heavy atom. The minimum atomic E-state index is -0.231. The van der Waals surface area contributed by atoms with Gasteiger partial charge in [-0.1, -0.05) is 25.1 Å². The first kappa shape index (κ1) is 19.1. The van der Waals surface area contributed by atoms with Gasteiger partial charge in [-0.25, -0.2) is 4.79 Å². The first-order valence-corrected chi connectivity index (χ1v) is 8.74. The van der Waals surface area contributed by atoms with E-state index in [0.717, 1.165) is 18.4 Å². The quantitative estimate of drug-likeness (QED) is 0.631. The Labute approximate surface area is 149 Å². The fourth-order valence-electron chi connectivity index (χ4n) is 2.79. The van der Waals surface area contributed by atoms with Crippen LogP contribution in [-0.4, -0.2) is 37.5 Å². The van der Waals surface area contributed by atoms with Crippen LogP contribution in [0.15, 0.2) is 30.4 Å². The molecule has 2 rings (SSSR count). The highest BCUT2D eigenvalue weighted by Gasteiger charge is 2.20. The van der Waals surface area contributed by atoms with Crippen LogP contribution in [0.25, 0.3) is 0 Å². The van der Waals surface area contributed by atoms with Crippen LogP contribution >= 0.6 is 0 Å². The van der Waals surface area contributed by atoms with E-state index in [1.54, 1.807) is 7.11 Å². The van der Waals surface area contributed by atoms with E-state index in [9.17, 15) is 4.79 Å². The van der Waals surface area contributed by atoms with Gasteiger partial charge in [0.2, 0.25) is 0 Å². The number of amides is 2. The Hall–Kier alpha value is -2.21. The number of carbonyl (C=O) groups is 1. The summed E-state index contributed by atoms with van der Waals surface area (Å²) in [6, 6.07) is 5.23. The Kier molecular flexibility index (Phi) is 7.13. The average molecular weight is 348 g/mol. The van der Waals surface area contributed by atoms with E-state index in [2.05, 4.69) is 10.6 Å². The molecule has 25 heavy (non-hydrogen) atoms. The number of methoxy groups -OCH3 is 1. The van der Waals surface area contributed by atoms with Crippen molar-refractivity contribution >= 4 is 6.03 Å². The van der Waals surface area contributed by atoms with Crippen LogP contribution in [0.5, 0.6) is 11.5 Å². The molecule has 0 unspecified atom stereocenters. The van der Waals surface area contributed by atoms with Crippen molar-refractivity contribution in [1.82, 2.24) is 10.6 Å². The van der Waals surface area contributed by atoms with Crippen LogP contribution < -0.4 is 20.1 Å². The normalized spacial score (nSPS) is 20.2. The van der Waals surface area contributed by atoms with E-state index in [4.69, 9.17) is 14.6 Å². The van der Waals surface area contributed by atoms with E-state index < -0.39 is 0 Å². The molecule has 0 bridgehead atoms. The van der Waals surface area contributed by atoms with Crippen LogP contribution in [0, 0.1) is 5.92 Å². The van der Waals surface area contributed by atoms with Gasteiger partial charge in [0, 0.05) is 18.6 Å². The van der Waals surface area contributed by atoms with Crippen LogP contribution in [0.4, 0.5) is 4.79 Å². The summed E-state index contributed by atoms with van der Waals surface area (Å²) in [4.78, 5) is 12.2. The van der Waals surface area contributed by atoms with Crippen LogP contribution in [0.3, 0.4) is 0 Å². The zero-order chi connectivity index (χ0) is 18.2. The Morgan fingerprint density at radius 3 is 2.80 bits per heavy atom. The molecule has 1 aliphatic carbocycles. The zero-order valence-electron chi connectivity index (χ0n) is 15.1. The highest BCUT2D eigenvalue weighted by Crippen LogP contribution is 2.30. The number of ether oxygens (including phenoxy) is 2. The number of hydrogen-bond acceptors (Lipinski definition) is 4. The van der Waals surface area contributed by atoms with Crippen LogP contribution in [0.1, 0.15) is 38.3 Å². The SMILES string of the molecule is CCCOc1ccc([C@H](C)NC(=O)N[C@@H]2C=C[C@H](CO)C2)cc1OC. The van der Waals surface area contributed by atoms with Gasteiger partial charge in [0.25, 0.3) is 0 Å². The second-order valence-electron chi connectivity index (χ2n) is 6.27. The van der Waals surface area contributed by atoms with Crippen molar-refractivity contribution in [1.29, 1.82) is 0 Å². The molecule has 2 amide bonds. The molecule has 0 saturated carbocycles. The van der Waals surface area contributed by atoms with E-state index in [1.165, 1.54) is 0 Å². The second-order valence-corrected chi connectivity index (χ2v) is 6.27. The van der Waals surface area contributed by atoms with Crippen molar-refractivity contribution in [3.05, 3.63) is 35.9 Å². The fourth-order valence-corrected chi connectivity index (χ4v) is 2.79. The highest BCUT2D eigenvalue weighted by atomic mass is 16.5. The van der Waals surface area contributed by atoms with Gasteiger partial charge < -0.3 is 25.2 Å². The van der Waals surface area contributed by atoms with E-state index in [-0.39, 0.29) is 30.6 Å². The number of benzene rings is 1. The molecule has 3 atom stereocenters. The number of aliphatic hydroxyl groups is 1. The summed E-state index contributed by atoms with van der Waals surface area (Å²) in [7, 11) is 1.60. The molecular weight excluding hydrogens is 320 g/mol. The van der Waals surface area contributed by atoms with Crippen molar-refractivity contribution in [2.45, 2.75) is 38.8 Å². The molecule has 1 aromatic carbocycles. The number of urea groups is 1. The predicted molar refractivity (Wildman–Crippen MR) is 97.0 cm³/mol. The molecule has 6 heteroatoms. The average Bonchev–Trinajstić information content (AvgIpc) is 3.07. The summed E-state index contributed by atoms with van der Waals surface area (Å²) in [6.07, 6.45) is 5.52. The molecule has 0 saturated heterocycles. The second kappa shape index (κ2) is 9.32. The van der Waals surface area contributed by atoms with Crippen molar-refractivity contribution in [2.75, 3.05) is 20.3 Å². The van der Waals surface area contributed by atoms with Crippen molar-refractivity contribution in [3.63, 3.8) is 0 Å². The molecule has 0 aliphatic heterocycles. The standard InChI is InChI=1S/C19H28N2O4/c1-4-9-25-17-8-6-15(11-18(17)24-3)13(2)20-19(23)21-16-7-5-14(10-16)12-22/h5-8,11,13-14,16,22H,4,9-10,12H2,1-3H3,(H2,20,21,23)/t13-,14-,16+/m0/s1. The third kappa shape index (κ3) is 5.39. The predicted octanol–water partition coefficient (Wildman–Crippen LogP) is 2.78. The van der Waals surface area contributed by atoms with Crippen molar-refractivity contribution in [3.8, 4) is 11.5 Å². The van der Waals surface area contributed by atoms with Gasteiger partial charge in [-0.15, -0.1) is 0 Å². The lowest BCUT2D eigenvalue weighted by molar-refractivity contribution is 0.229. The van der Waals surface area contributed by atoms with E-state index in [0.29, 0.717) is 18.1 Å². The number of aliphatic hydroxyl groups excluding tert-OH is 1. The molecule has 6 nitrogen and oxygen atoms in total. The van der Waals surface area contributed by atoms with E-state index in [1.807, 2.05) is 44.2 Å². The topological polar surface area (TPSA) is 79.8 Å². The van der Waals surface area contributed by atoms with Gasteiger partial charge in [0.15, 0.2) is 11.5 Å². The molecule has 0 heterocycles. The van der Waals surface area contributed by atoms with Crippen molar-refractivity contribution < 1.29 is 19.4 Å². The number of carbonyl (C=O) groups excluding carboxylic acids is 1. The van der Waals surface area contributed by atoms with Gasteiger partial charge in [-0.05, 0) is 37.5 Å². The third-order valence-electron chi connectivity index (χ3n) is 4.22. The number of rotatable bonds is 8. The summed E-state index contributed by atoms with van der Waals surface area (Å²) in [5.74, 6) is 1.49. The maximum Gasteiger partial charge on any atom is 0.315 e. The highest BCUT2D eigenvalue weighted by molar-refractivity contribution is 5.75. The lowest BCUT2D eigenvalue weighted by Crippen LogP contribution is -2.41. The Morgan fingerprint density at radius 2 is 2.16 bits per heavy atom. The lowest BCUT2D eigenvalue weighted by Gasteiger charge is -2.19. The van der Waals surface area contributed by atoms with E-state index >= 15 is 0 Å². The van der Waals surface area contributed by atoms with Gasteiger partial charge in [0.1, 0.15) is 0 Å². The Balaban J connectivity index is 1.92. The van der Waals surface area contributed by atoms with Gasteiger partial charge >= 0.3 is 6.03 Å². The maximum absolute atomic E-state index is 12.2. The molecule has 1 aliphatic rings. The molecule has 1 aromatic rings. The minimum absolute atomic E-state index is 0.0382. The molecule has 0 spiro atoms. The first-order chi connectivity index (χ1) is 12.1. The molecule has 0 aromatic heterocycles. The Bertz CT molecular complexity index is 603. The maximum atomic E-state index is 12.2. The first-order valence-electron chi connectivity index (χ1n) is 8.74. The molecular formula is C19H28N2O4. The summed E-state index contributed by atoms with van der Waals surface area (Å²) in [5, 5.41) is 15.0. The van der Waals surface area contributed by atoms with Crippen LogP contribution in [-0.2, 0) is 0 Å². The molecule has 0 fully saturated rings. The van der Waals surface area contributed by atoms with Gasteiger partial charge in [-0.2, -0.15) is 0 Å². The molecule has 138 valence electrons. The minimum Gasteiger partial charge on any atom is -0.493 e. The monoisotopic (exact) mass is 348 g/mol. The van der Waals surface area contributed by atoms with Gasteiger partial charge in [-0.3, -0.25) is 0 Å². The zero-order valence-corrected chi connectivity index (χ0v) is 15.1. The fraction of sp³-hybridized carbons (Fsp3) is 0.526. The third-order valence-corrected chi connectivity index (χ3v) is 4.22. The number of nitrogens with one attached hydrogen (secondary N) is 2. The smallest absolute Gasteiger partial charge is 0.315 e. The largest absolute Gasteiger partial charge is 0.493 e. The lowest BCUT2D eigenvalue weighted by atomic mass is 10.1. The van der Waals surface area contributed by atoms with Crippen LogP contribution in [0.2, 0.25) is 0 Å². The summed E-state index contributed by atoms with van der Waals surface area (Å²) in [5.41, 5.74) is 0.936. The summed E-state index contributed by atoms with van der Waals surface area (Å²) < 4.78 is 11.0. The molecule has 3 N–H and O–H groups in total. The van der Waals surface area contributed by atoms with Gasteiger partial charge in [0.05, 0.1) is 19.8 Å². The summed E-state index contributed by atoms with van der Waals surface area (Å²) >= 11 is 0. The summed E-state index contributed by atoms with van der Waals surface area (Å²) in [6.45, 7) is 4.71. The molecule has 0 radical (unpaired) electrons.